The number of carbonyl (C=O) groups is 1. The average molecular weight is 425 g/mol. The van der Waals surface area contributed by atoms with Gasteiger partial charge >= 0.3 is 0 Å². The van der Waals surface area contributed by atoms with Crippen molar-refractivity contribution in [3.63, 3.8) is 0 Å². The summed E-state index contributed by atoms with van der Waals surface area (Å²) in [4.78, 5) is 16.7. The van der Waals surface area contributed by atoms with Gasteiger partial charge in [0.2, 0.25) is 17.6 Å². The molecule has 164 valence electrons. The number of hydrogen-bond acceptors (Lipinski definition) is 7. The molecule has 31 heavy (non-hydrogen) atoms. The van der Waals surface area contributed by atoms with Crippen LogP contribution in [0.25, 0.3) is 11.4 Å². The molecule has 0 saturated heterocycles. The number of nitrogens with two attached hydrogens (primary N) is 1. The molecule has 0 radical (unpaired) electrons. The largest absolute Gasteiger partial charge is 0.493 e. The molecule has 9 nitrogen and oxygen atoms in total. The van der Waals surface area contributed by atoms with Crippen LogP contribution in [0.5, 0.6) is 17.2 Å². The Bertz CT molecular complexity index is 1020. The number of carbonyl (C=O) groups excluding carboxylic acids is 1. The smallest absolute Gasteiger partial charge is 0.246 e. The van der Waals surface area contributed by atoms with Gasteiger partial charge in [0.15, 0.2) is 17.3 Å². The van der Waals surface area contributed by atoms with Crippen LogP contribution >= 0.6 is 0 Å². The zero-order valence-electron chi connectivity index (χ0n) is 18.1. The second-order valence-electron chi connectivity index (χ2n) is 6.86. The first-order chi connectivity index (χ1) is 15.0. The van der Waals surface area contributed by atoms with Crippen molar-refractivity contribution in [3.8, 4) is 28.6 Å². The van der Waals surface area contributed by atoms with Gasteiger partial charge in [-0.3, -0.25) is 4.79 Å². The Balaban J connectivity index is 1.77. The third kappa shape index (κ3) is 5.06. The average Bonchev–Trinajstić information content (AvgIpc) is 3.14. The molecule has 3 N–H and O–H groups in total. The van der Waals surface area contributed by atoms with Crippen LogP contribution in [0.15, 0.2) is 36.4 Å². The van der Waals surface area contributed by atoms with Crippen molar-refractivity contribution in [2.24, 2.45) is 0 Å². The molecule has 2 aromatic carbocycles. The molecule has 0 unspecified atom stereocenters. The molecule has 0 aliphatic rings. The number of nitrogens with one attached hydrogen (secondary N) is 1. The predicted molar refractivity (Wildman–Crippen MR) is 119 cm³/mol. The van der Waals surface area contributed by atoms with E-state index in [-0.39, 0.29) is 18.4 Å². The van der Waals surface area contributed by atoms with E-state index in [0.717, 1.165) is 12.8 Å². The van der Waals surface area contributed by atoms with Gasteiger partial charge in [-0.15, -0.1) is 5.10 Å². The van der Waals surface area contributed by atoms with Crippen molar-refractivity contribution in [2.75, 3.05) is 32.4 Å². The first kappa shape index (κ1) is 21.9. The number of methoxy groups -OCH3 is 3. The van der Waals surface area contributed by atoms with Crippen LogP contribution in [0.2, 0.25) is 0 Å². The summed E-state index contributed by atoms with van der Waals surface area (Å²) in [5.74, 6) is 1.61. The van der Waals surface area contributed by atoms with Gasteiger partial charge in [-0.1, -0.05) is 25.5 Å². The van der Waals surface area contributed by atoms with E-state index in [9.17, 15) is 4.79 Å². The third-order valence-corrected chi connectivity index (χ3v) is 4.69. The number of nitrogen functional groups attached to an aromatic ring is 1. The SMILES string of the molecule is CCCc1ccc(NC(=O)Cn2nc(-c3cc(OC)c(OC)c(OC)c3)nc2N)cc1. The maximum Gasteiger partial charge on any atom is 0.246 e. The van der Waals surface area contributed by atoms with Crippen LogP contribution in [-0.2, 0) is 17.8 Å². The van der Waals surface area contributed by atoms with Crippen molar-refractivity contribution in [2.45, 2.75) is 26.3 Å². The van der Waals surface area contributed by atoms with Gasteiger partial charge in [0.05, 0.1) is 21.3 Å². The molecule has 0 aliphatic heterocycles. The third-order valence-electron chi connectivity index (χ3n) is 4.69. The van der Waals surface area contributed by atoms with Crippen molar-refractivity contribution < 1.29 is 19.0 Å². The number of rotatable bonds is 9. The maximum atomic E-state index is 12.5. The number of aromatic nitrogens is 3. The zero-order chi connectivity index (χ0) is 22.4. The molecular formula is C22H27N5O4. The lowest BCUT2D eigenvalue weighted by Gasteiger charge is -2.13. The summed E-state index contributed by atoms with van der Waals surface area (Å²) in [5, 5.41) is 7.22. The van der Waals surface area contributed by atoms with Gasteiger partial charge in [-0.05, 0) is 36.2 Å². The van der Waals surface area contributed by atoms with Gasteiger partial charge in [0.1, 0.15) is 6.54 Å². The van der Waals surface area contributed by atoms with E-state index in [1.807, 2.05) is 24.3 Å². The van der Waals surface area contributed by atoms with Gasteiger partial charge in [0.25, 0.3) is 0 Å². The number of amides is 1. The molecule has 1 heterocycles. The Morgan fingerprint density at radius 2 is 1.71 bits per heavy atom. The van der Waals surface area contributed by atoms with Gasteiger partial charge in [0, 0.05) is 11.3 Å². The quantitative estimate of drug-likeness (QED) is 0.541. The summed E-state index contributed by atoms with van der Waals surface area (Å²) < 4.78 is 17.4. The van der Waals surface area contributed by atoms with Crippen LogP contribution in [0.4, 0.5) is 11.6 Å². The minimum Gasteiger partial charge on any atom is -0.493 e. The molecule has 0 spiro atoms. The van der Waals surface area contributed by atoms with Crippen LogP contribution in [-0.4, -0.2) is 42.0 Å². The van der Waals surface area contributed by atoms with Crippen LogP contribution in [0.1, 0.15) is 18.9 Å². The van der Waals surface area contributed by atoms with E-state index in [2.05, 4.69) is 22.3 Å². The molecule has 1 amide bonds. The lowest BCUT2D eigenvalue weighted by Crippen LogP contribution is -2.20. The Hall–Kier alpha value is -3.75. The molecular weight excluding hydrogens is 398 g/mol. The summed E-state index contributed by atoms with van der Waals surface area (Å²) in [6.45, 7) is 2.06. The number of nitrogens with zero attached hydrogens (tertiary/aromatic N) is 3. The van der Waals surface area contributed by atoms with E-state index >= 15 is 0 Å². The maximum absolute atomic E-state index is 12.5. The van der Waals surface area contributed by atoms with E-state index in [4.69, 9.17) is 19.9 Å². The molecule has 0 fully saturated rings. The summed E-state index contributed by atoms with van der Waals surface area (Å²) in [6.07, 6.45) is 2.08. The minimum absolute atomic E-state index is 0.0695. The molecule has 0 bridgehead atoms. The van der Waals surface area contributed by atoms with E-state index < -0.39 is 0 Å². The summed E-state index contributed by atoms with van der Waals surface area (Å²) in [5.41, 5.74) is 8.56. The molecule has 3 rings (SSSR count). The van der Waals surface area contributed by atoms with Crippen molar-refractivity contribution in [1.82, 2.24) is 14.8 Å². The van der Waals surface area contributed by atoms with Gasteiger partial charge in [-0.2, -0.15) is 4.98 Å². The standard InChI is InChI=1S/C22H27N5O4/c1-5-6-14-7-9-16(10-8-14)24-19(28)13-27-22(23)25-21(26-27)15-11-17(29-2)20(31-4)18(12-15)30-3/h7-12H,5-6,13H2,1-4H3,(H,24,28)(H2,23,25,26). The lowest BCUT2D eigenvalue weighted by atomic mass is 10.1. The van der Waals surface area contributed by atoms with E-state index in [1.165, 1.54) is 31.6 Å². The molecule has 1 aromatic heterocycles. The normalized spacial score (nSPS) is 10.6. The second kappa shape index (κ2) is 9.84. The molecule has 3 aromatic rings. The molecule has 9 heteroatoms. The molecule has 0 atom stereocenters. The van der Waals surface area contributed by atoms with Gasteiger partial charge < -0.3 is 25.3 Å². The highest BCUT2D eigenvalue weighted by Gasteiger charge is 2.18. The van der Waals surface area contributed by atoms with Crippen molar-refractivity contribution in [1.29, 1.82) is 0 Å². The number of ether oxygens (including phenoxy) is 3. The fourth-order valence-electron chi connectivity index (χ4n) is 3.18. The van der Waals surface area contributed by atoms with Crippen LogP contribution < -0.4 is 25.3 Å². The highest BCUT2D eigenvalue weighted by molar-refractivity contribution is 5.90. The Labute approximate surface area is 181 Å². The first-order valence-corrected chi connectivity index (χ1v) is 9.88. The predicted octanol–water partition coefficient (Wildman–Crippen LogP) is 3.14. The van der Waals surface area contributed by atoms with E-state index in [1.54, 1.807) is 12.1 Å². The summed E-state index contributed by atoms with van der Waals surface area (Å²) in [7, 11) is 4.59. The lowest BCUT2D eigenvalue weighted by molar-refractivity contribution is -0.116. The fraction of sp³-hybridized carbons (Fsp3) is 0.318. The Morgan fingerprint density at radius 1 is 1.06 bits per heavy atom. The van der Waals surface area contributed by atoms with Crippen LogP contribution in [0.3, 0.4) is 0 Å². The Morgan fingerprint density at radius 3 is 2.26 bits per heavy atom. The number of hydrogen-bond donors (Lipinski definition) is 2. The Kier molecular flexibility index (Phi) is 6.96. The highest BCUT2D eigenvalue weighted by atomic mass is 16.5. The topological polar surface area (TPSA) is 114 Å². The second-order valence-corrected chi connectivity index (χ2v) is 6.86. The van der Waals surface area contributed by atoms with E-state index in [0.29, 0.717) is 34.3 Å². The monoisotopic (exact) mass is 425 g/mol. The van der Waals surface area contributed by atoms with Crippen molar-refractivity contribution in [3.05, 3.63) is 42.0 Å². The van der Waals surface area contributed by atoms with Gasteiger partial charge in [-0.25, -0.2) is 4.68 Å². The van der Waals surface area contributed by atoms with Crippen LogP contribution in [0, 0.1) is 0 Å². The summed E-state index contributed by atoms with van der Waals surface area (Å²) >= 11 is 0. The number of aryl methyl sites for hydroxylation is 1. The molecule has 0 aliphatic carbocycles. The number of anilines is 2. The summed E-state index contributed by atoms with van der Waals surface area (Å²) in [6, 6.07) is 11.2. The number of benzene rings is 2. The minimum atomic E-state index is -0.253. The highest BCUT2D eigenvalue weighted by Crippen LogP contribution is 2.40. The van der Waals surface area contributed by atoms with Crippen molar-refractivity contribution >= 4 is 17.5 Å². The fourth-order valence-corrected chi connectivity index (χ4v) is 3.18. The zero-order valence-corrected chi connectivity index (χ0v) is 18.1. The first-order valence-electron chi connectivity index (χ1n) is 9.88. The molecule has 0 saturated carbocycles.